The average molecular weight is 889 g/mol. The minimum absolute atomic E-state index is 0.0734. The van der Waals surface area contributed by atoms with Crippen molar-refractivity contribution in [1.29, 1.82) is 0 Å². The van der Waals surface area contributed by atoms with Crippen LogP contribution in [0.3, 0.4) is 0 Å². The molecule has 12 aromatic rings. The van der Waals surface area contributed by atoms with E-state index in [1.807, 2.05) is 65.2 Å². The van der Waals surface area contributed by atoms with Crippen LogP contribution in [0.25, 0.3) is 110 Å². The topological polar surface area (TPSA) is 319 Å². The molecule has 0 spiro atoms. The van der Waals surface area contributed by atoms with Crippen LogP contribution in [0.1, 0.15) is 0 Å². The summed E-state index contributed by atoms with van der Waals surface area (Å²) in [5, 5.41) is 154. The van der Waals surface area contributed by atoms with Gasteiger partial charge in [-0.25, -0.2) is 0 Å². The van der Waals surface area contributed by atoms with Crippen LogP contribution in [0.4, 0.5) is 0 Å². The lowest BCUT2D eigenvalue weighted by molar-refractivity contribution is 0.348. The summed E-state index contributed by atoms with van der Waals surface area (Å²) in [6, 6.07) is 24.9. The fraction of sp³-hybridized carbons (Fsp3) is 0. The Morgan fingerprint density at radius 3 is 1.36 bits per heavy atom. The average Bonchev–Trinajstić information content (AvgIpc) is 4.09. The fourth-order valence-corrected chi connectivity index (χ4v) is 9.55. The van der Waals surface area contributed by atoms with E-state index in [0.29, 0.717) is 27.2 Å². The Morgan fingerprint density at radius 2 is 0.742 bits per heavy atom. The van der Waals surface area contributed by atoms with Gasteiger partial charge in [-0.05, 0) is 48.0 Å². The van der Waals surface area contributed by atoms with Gasteiger partial charge in [-0.1, -0.05) is 42.5 Å². The molecule has 0 unspecified atom stereocenters. The number of fused-ring (bicyclic) bond motifs is 13. The third-order valence-electron chi connectivity index (χ3n) is 12.4. The van der Waals surface area contributed by atoms with Crippen molar-refractivity contribution in [3.8, 4) is 103 Å². The quantitative estimate of drug-likeness (QED) is 0.0580. The first-order valence-electron chi connectivity index (χ1n) is 19.7. The Bertz CT molecular complexity index is 4220. The van der Waals surface area contributed by atoms with Gasteiger partial charge in [0.2, 0.25) is 40.2 Å². The fourth-order valence-electron chi connectivity index (χ4n) is 9.55. The molecule has 18 nitrogen and oxygen atoms in total. The number of para-hydroxylation sites is 2. The number of aromatic nitrogens is 2. The Balaban J connectivity index is 1.26. The van der Waals surface area contributed by atoms with Crippen LogP contribution in [-0.2, 0) is 0 Å². The summed E-state index contributed by atoms with van der Waals surface area (Å²) in [6.45, 7) is 0. The van der Waals surface area contributed by atoms with E-state index in [4.69, 9.17) is 8.83 Å². The molecule has 326 valence electrons. The van der Waals surface area contributed by atoms with E-state index in [0.717, 1.165) is 16.6 Å². The number of hydrogen-bond donors (Lipinski definition) is 14. The number of furan rings is 2. The van der Waals surface area contributed by atoms with Gasteiger partial charge in [0, 0.05) is 27.2 Å². The predicted octanol–water partition coefficient (Wildman–Crippen LogP) is 9.22. The molecule has 0 atom stereocenters. The van der Waals surface area contributed by atoms with Crippen LogP contribution >= 0.6 is 0 Å². The molecule has 0 bridgehead atoms. The number of benzene rings is 8. The molecule has 14 N–H and O–H groups in total. The first-order valence-corrected chi connectivity index (χ1v) is 19.7. The maximum absolute atomic E-state index is 12.2. The molecule has 66 heavy (non-hydrogen) atoms. The first-order chi connectivity index (χ1) is 31.6. The summed E-state index contributed by atoms with van der Waals surface area (Å²) in [5.41, 5.74) is -0.198. The predicted molar refractivity (Wildman–Crippen MR) is 238 cm³/mol. The van der Waals surface area contributed by atoms with Gasteiger partial charge in [0.1, 0.15) is 5.69 Å². The Labute approximate surface area is 364 Å². The van der Waals surface area contributed by atoms with Crippen molar-refractivity contribution < 1.29 is 80.3 Å². The van der Waals surface area contributed by atoms with Gasteiger partial charge in [-0.2, -0.15) is 0 Å². The molecule has 0 aliphatic carbocycles. The maximum Gasteiger partial charge on any atom is 0.208 e. The van der Waals surface area contributed by atoms with E-state index in [2.05, 4.69) is 0 Å². The molecule has 0 radical (unpaired) electrons. The van der Waals surface area contributed by atoms with Gasteiger partial charge < -0.3 is 89.5 Å². The smallest absolute Gasteiger partial charge is 0.208 e. The second-order valence-corrected chi connectivity index (χ2v) is 15.7. The van der Waals surface area contributed by atoms with Gasteiger partial charge in [0.15, 0.2) is 62.6 Å². The summed E-state index contributed by atoms with van der Waals surface area (Å²) in [7, 11) is 0. The Kier molecular flexibility index (Phi) is 7.13. The molecule has 0 saturated heterocycles. The van der Waals surface area contributed by atoms with Crippen molar-refractivity contribution in [3.63, 3.8) is 0 Å². The molecule has 0 aliphatic heterocycles. The van der Waals surface area contributed by atoms with Gasteiger partial charge in [-0.15, -0.1) is 0 Å². The lowest BCUT2D eigenvalue weighted by Gasteiger charge is -2.14. The van der Waals surface area contributed by atoms with Crippen LogP contribution in [0, 0.1) is 0 Å². The van der Waals surface area contributed by atoms with Crippen molar-refractivity contribution in [1.82, 2.24) is 9.13 Å². The van der Waals surface area contributed by atoms with Crippen LogP contribution in [-0.4, -0.2) is 80.6 Å². The monoisotopic (exact) mass is 888 g/mol. The van der Waals surface area contributed by atoms with Crippen LogP contribution in [0.5, 0.6) is 80.5 Å². The van der Waals surface area contributed by atoms with Crippen LogP contribution < -0.4 is 0 Å². The lowest BCUT2D eigenvalue weighted by atomic mass is 9.97. The standard InChI is InChI=1S/C48H28N2O16/c51-31-23(45-26(33(53)38(31)58)27-34(54)39(59)41(61)43(63)47(27)65-45)15-10-11-20-18(14-15)25-22(13-12-21-24(25)17-8-4-5-9-19(17)49(21)16-6-2-1-3-7-16)50(20)30-36(56)32(52)28-29-35(55)40(60)42(62)44(64)48(29)66-46(28)37(30)57/h1-14,51-64H. The second-order valence-electron chi connectivity index (χ2n) is 15.7. The Morgan fingerprint density at radius 1 is 0.303 bits per heavy atom. The number of phenolic OH excluding ortho intramolecular Hbond substituents is 14. The SMILES string of the molecule is Oc1c(O)c(O)c2c(oc3c(O)c(-n4c5ccc(-c6c(O)c(O)c(O)c7c6oc6c(O)c(O)c(O)c(O)c67)cc5c5c6c7ccccc7n(-c7ccccc7)c6ccc54)c(O)c(O)c32)c1O. The first kappa shape index (κ1) is 37.9. The summed E-state index contributed by atoms with van der Waals surface area (Å²) in [4.78, 5) is 0. The molecule has 12 rings (SSSR count). The van der Waals surface area contributed by atoms with Crippen molar-refractivity contribution in [3.05, 3.63) is 84.9 Å². The van der Waals surface area contributed by atoms with Crippen LogP contribution in [0.15, 0.2) is 93.8 Å². The largest absolute Gasteiger partial charge is 0.504 e. The van der Waals surface area contributed by atoms with E-state index in [1.54, 1.807) is 12.1 Å². The van der Waals surface area contributed by atoms with E-state index < -0.39 is 130 Å². The summed E-state index contributed by atoms with van der Waals surface area (Å²) in [5.74, 6) is -14.5. The molecule has 0 saturated carbocycles. The summed E-state index contributed by atoms with van der Waals surface area (Å²) >= 11 is 0. The van der Waals surface area contributed by atoms with E-state index >= 15 is 0 Å². The van der Waals surface area contributed by atoms with Crippen molar-refractivity contribution >= 4 is 87.5 Å². The van der Waals surface area contributed by atoms with Gasteiger partial charge in [0.25, 0.3) is 0 Å². The molecule has 8 aromatic carbocycles. The van der Waals surface area contributed by atoms with Crippen molar-refractivity contribution in [2.24, 2.45) is 0 Å². The highest BCUT2D eigenvalue weighted by atomic mass is 16.4. The number of rotatable bonds is 3. The van der Waals surface area contributed by atoms with E-state index in [1.165, 1.54) is 16.7 Å². The molecule has 4 aromatic heterocycles. The van der Waals surface area contributed by atoms with Gasteiger partial charge >= 0.3 is 0 Å². The van der Waals surface area contributed by atoms with Gasteiger partial charge in [-0.3, -0.25) is 0 Å². The zero-order valence-corrected chi connectivity index (χ0v) is 33.1. The molecule has 0 fully saturated rings. The molecule has 18 heteroatoms. The molecule has 4 heterocycles. The van der Waals surface area contributed by atoms with E-state index in [9.17, 15) is 71.5 Å². The molecule has 0 amide bonds. The minimum atomic E-state index is -1.17. The maximum atomic E-state index is 12.2. The number of phenols is 14. The normalized spacial score (nSPS) is 12.2. The number of aromatic hydroxyl groups is 14. The van der Waals surface area contributed by atoms with E-state index in [-0.39, 0.29) is 16.6 Å². The highest BCUT2D eigenvalue weighted by Crippen LogP contribution is 2.61. The Hall–Kier alpha value is -9.84. The second kappa shape index (κ2) is 12.4. The minimum Gasteiger partial charge on any atom is -0.504 e. The summed E-state index contributed by atoms with van der Waals surface area (Å²) < 4.78 is 15.1. The number of hydrogen-bond acceptors (Lipinski definition) is 16. The lowest BCUT2D eigenvalue weighted by Crippen LogP contribution is -1.97. The zero-order chi connectivity index (χ0) is 46.1. The van der Waals surface area contributed by atoms with Gasteiger partial charge in [0.05, 0.1) is 49.2 Å². The molecular formula is C48H28N2O16. The van der Waals surface area contributed by atoms with Crippen molar-refractivity contribution in [2.45, 2.75) is 0 Å². The van der Waals surface area contributed by atoms with Crippen LogP contribution in [0.2, 0.25) is 0 Å². The number of nitrogens with zero attached hydrogens (tertiary/aromatic N) is 2. The highest BCUT2D eigenvalue weighted by Gasteiger charge is 2.34. The zero-order valence-electron chi connectivity index (χ0n) is 33.1. The third kappa shape index (κ3) is 4.37. The molecule has 0 aliphatic rings. The third-order valence-corrected chi connectivity index (χ3v) is 12.4. The molecular weight excluding hydrogens is 861 g/mol. The van der Waals surface area contributed by atoms with Crippen molar-refractivity contribution in [2.75, 3.05) is 0 Å². The highest BCUT2D eigenvalue weighted by molar-refractivity contribution is 6.30. The summed E-state index contributed by atoms with van der Waals surface area (Å²) in [6.07, 6.45) is 0.